The van der Waals surface area contributed by atoms with Crippen LogP contribution in [0.1, 0.15) is 52.7 Å². The third-order valence-electron chi connectivity index (χ3n) is 6.89. The summed E-state index contributed by atoms with van der Waals surface area (Å²) < 4.78 is 5.63. The van der Waals surface area contributed by atoms with Gasteiger partial charge in [0.25, 0.3) is 0 Å². The quantitative estimate of drug-likeness (QED) is 0.750. The van der Waals surface area contributed by atoms with Crippen molar-refractivity contribution in [3.63, 3.8) is 0 Å². The van der Waals surface area contributed by atoms with Crippen molar-refractivity contribution in [2.24, 2.45) is 17.8 Å². The van der Waals surface area contributed by atoms with Gasteiger partial charge in [-0.25, -0.2) is 4.79 Å². The predicted molar refractivity (Wildman–Crippen MR) is 105 cm³/mol. The number of carboxylic acid groups (broad SMARTS) is 1. The van der Waals surface area contributed by atoms with Crippen LogP contribution in [0.25, 0.3) is 0 Å². The van der Waals surface area contributed by atoms with Gasteiger partial charge in [0.15, 0.2) is 0 Å². The number of methoxy groups -OCH3 is 1. The lowest BCUT2D eigenvalue weighted by molar-refractivity contribution is 0.0697. The van der Waals surface area contributed by atoms with Gasteiger partial charge >= 0.3 is 5.97 Å². The lowest BCUT2D eigenvalue weighted by Crippen LogP contribution is -2.35. The van der Waals surface area contributed by atoms with Crippen LogP contribution >= 0.6 is 11.6 Å². The third kappa shape index (κ3) is 2.46. The molecule has 5 atom stereocenters. The van der Waals surface area contributed by atoms with Gasteiger partial charge in [-0.1, -0.05) is 23.7 Å². The molecule has 0 saturated heterocycles. The molecule has 3 aliphatic rings. The summed E-state index contributed by atoms with van der Waals surface area (Å²) in [6.07, 6.45) is 3.80. The fourth-order valence-electron chi connectivity index (χ4n) is 5.85. The van der Waals surface area contributed by atoms with E-state index in [1.807, 2.05) is 24.3 Å². The maximum atomic E-state index is 11.2. The van der Waals surface area contributed by atoms with Crippen molar-refractivity contribution in [1.29, 1.82) is 0 Å². The Labute approximate surface area is 163 Å². The Morgan fingerprint density at radius 2 is 1.89 bits per heavy atom. The molecule has 5 heteroatoms. The minimum absolute atomic E-state index is 0.146. The third-order valence-corrected chi connectivity index (χ3v) is 7.22. The van der Waals surface area contributed by atoms with Crippen molar-refractivity contribution in [2.75, 3.05) is 12.4 Å². The van der Waals surface area contributed by atoms with Gasteiger partial charge in [-0.15, -0.1) is 0 Å². The van der Waals surface area contributed by atoms with Gasteiger partial charge < -0.3 is 15.2 Å². The van der Waals surface area contributed by atoms with E-state index in [0.717, 1.165) is 22.0 Å². The number of carbonyl (C=O) groups is 1. The predicted octanol–water partition coefficient (Wildman–Crippen LogP) is 5.34. The number of nitrogens with one attached hydrogen (secondary N) is 1. The lowest BCUT2D eigenvalue weighted by Gasteiger charge is -2.44. The van der Waals surface area contributed by atoms with Gasteiger partial charge in [-0.3, -0.25) is 0 Å². The molecule has 5 rings (SSSR count). The molecule has 2 aromatic rings. The van der Waals surface area contributed by atoms with E-state index in [0.29, 0.717) is 29.2 Å². The largest absolute Gasteiger partial charge is 0.495 e. The Kier molecular flexibility index (Phi) is 3.87. The molecule has 140 valence electrons. The van der Waals surface area contributed by atoms with Crippen molar-refractivity contribution in [1.82, 2.24) is 0 Å². The maximum Gasteiger partial charge on any atom is 0.335 e. The number of anilines is 1. The van der Waals surface area contributed by atoms with Gasteiger partial charge in [-0.2, -0.15) is 0 Å². The lowest BCUT2D eigenvalue weighted by atomic mass is 9.68. The molecule has 0 aromatic heterocycles. The van der Waals surface area contributed by atoms with Gasteiger partial charge in [-0.05, 0) is 72.8 Å². The van der Waals surface area contributed by atoms with E-state index in [2.05, 4.69) is 5.32 Å². The Balaban J connectivity index is 1.63. The summed E-state index contributed by atoms with van der Waals surface area (Å²) in [5, 5.41) is 13.7. The standard InChI is InChI=1S/C22H22ClNO3/c1-27-16-9-8-15(23)19-17-13-6-7-14(10-13)18(17)20(24-21(16)19)11-2-4-12(5-3-11)22(25)26/h2-5,8-9,13-14,17-18,20,24H,6-7,10H2,1H3,(H,25,26)/t13-,14-,17+,18-,20+/m0/s1. The molecular formula is C22H22ClNO3. The minimum Gasteiger partial charge on any atom is -0.495 e. The first-order valence-electron chi connectivity index (χ1n) is 9.54. The van der Waals surface area contributed by atoms with Crippen molar-refractivity contribution < 1.29 is 14.6 Å². The number of fused-ring (bicyclic) bond motifs is 7. The summed E-state index contributed by atoms with van der Waals surface area (Å²) in [5.41, 5.74) is 3.67. The molecule has 2 bridgehead atoms. The van der Waals surface area contributed by atoms with Gasteiger partial charge in [0, 0.05) is 10.6 Å². The number of halogens is 1. The van der Waals surface area contributed by atoms with Crippen LogP contribution in [0.15, 0.2) is 36.4 Å². The van der Waals surface area contributed by atoms with Crippen molar-refractivity contribution in [3.05, 3.63) is 58.1 Å². The number of ether oxygens (including phenoxy) is 1. The zero-order valence-corrected chi connectivity index (χ0v) is 15.9. The second-order valence-electron chi connectivity index (χ2n) is 8.02. The van der Waals surface area contributed by atoms with E-state index in [1.54, 1.807) is 19.2 Å². The van der Waals surface area contributed by atoms with Gasteiger partial charge in [0.2, 0.25) is 0 Å². The molecule has 0 unspecified atom stereocenters. The molecule has 0 amide bonds. The van der Waals surface area contributed by atoms with Gasteiger partial charge in [0.05, 0.1) is 24.4 Å². The first-order chi connectivity index (χ1) is 13.1. The topological polar surface area (TPSA) is 58.6 Å². The van der Waals surface area contributed by atoms with Crippen LogP contribution in [0.4, 0.5) is 5.69 Å². The average molecular weight is 384 g/mol. The highest BCUT2D eigenvalue weighted by atomic mass is 35.5. The monoisotopic (exact) mass is 383 g/mol. The number of hydrogen-bond acceptors (Lipinski definition) is 3. The smallest absolute Gasteiger partial charge is 0.335 e. The Morgan fingerprint density at radius 1 is 1.15 bits per heavy atom. The maximum absolute atomic E-state index is 11.2. The molecule has 2 aromatic carbocycles. The Bertz CT molecular complexity index is 911. The minimum atomic E-state index is -0.894. The molecule has 2 fully saturated rings. The summed E-state index contributed by atoms with van der Waals surface area (Å²) in [6.45, 7) is 0. The average Bonchev–Trinajstić information content (AvgIpc) is 3.30. The first kappa shape index (κ1) is 16.9. The van der Waals surface area contributed by atoms with Crippen LogP contribution in [0.3, 0.4) is 0 Å². The first-order valence-corrected chi connectivity index (χ1v) is 9.92. The molecule has 1 aliphatic heterocycles. The fourth-order valence-corrected chi connectivity index (χ4v) is 6.14. The van der Waals surface area contributed by atoms with Crippen LogP contribution in [-0.4, -0.2) is 18.2 Å². The zero-order chi connectivity index (χ0) is 18.7. The molecule has 2 N–H and O–H groups in total. The summed E-state index contributed by atoms with van der Waals surface area (Å²) in [5.74, 6) is 2.21. The summed E-state index contributed by atoms with van der Waals surface area (Å²) in [6, 6.07) is 11.3. The molecule has 0 radical (unpaired) electrons. The normalized spacial score (nSPS) is 30.4. The molecule has 27 heavy (non-hydrogen) atoms. The second-order valence-corrected chi connectivity index (χ2v) is 8.43. The molecule has 2 saturated carbocycles. The van der Waals surface area contributed by atoms with Crippen molar-refractivity contribution >= 4 is 23.3 Å². The number of rotatable bonds is 3. The molecule has 2 aliphatic carbocycles. The highest BCUT2D eigenvalue weighted by Crippen LogP contribution is 2.65. The van der Waals surface area contributed by atoms with Crippen LogP contribution in [0.5, 0.6) is 5.75 Å². The van der Waals surface area contributed by atoms with Crippen molar-refractivity contribution in [3.8, 4) is 5.75 Å². The SMILES string of the molecule is COc1ccc(Cl)c2c1N[C@H](c1ccc(C(=O)O)cc1)[C@H]1[C@H]3CC[C@@H](C3)[C@@H]21. The van der Waals surface area contributed by atoms with Crippen LogP contribution in [0, 0.1) is 17.8 Å². The fraction of sp³-hybridized carbons (Fsp3) is 0.409. The molecule has 0 spiro atoms. The summed E-state index contributed by atoms with van der Waals surface area (Å²) in [4.78, 5) is 11.2. The highest BCUT2D eigenvalue weighted by Gasteiger charge is 2.54. The summed E-state index contributed by atoms with van der Waals surface area (Å²) >= 11 is 6.66. The molecule has 1 heterocycles. The molecular weight excluding hydrogens is 362 g/mol. The van der Waals surface area contributed by atoms with E-state index in [9.17, 15) is 9.90 Å². The van der Waals surface area contributed by atoms with E-state index < -0.39 is 5.97 Å². The Hall–Kier alpha value is -2.20. The van der Waals surface area contributed by atoms with Crippen LogP contribution in [0.2, 0.25) is 5.02 Å². The van der Waals surface area contributed by atoms with E-state index in [4.69, 9.17) is 16.3 Å². The van der Waals surface area contributed by atoms with Crippen molar-refractivity contribution in [2.45, 2.75) is 31.2 Å². The number of carboxylic acids is 1. The van der Waals surface area contributed by atoms with Gasteiger partial charge in [0.1, 0.15) is 5.75 Å². The van der Waals surface area contributed by atoms with E-state index >= 15 is 0 Å². The van der Waals surface area contributed by atoms with Crippen LogP contribution in [-0.2, 0) is 0 Å². The number of hydrogen-bond donors (Lipinski definition) is 2. The number of benzene rings is 2. The zero-order valence-electron chi connectivity index (χ0n) is 15.1. The van der Waals surface area contributed by atoms with E-state index in [1.165, 1.54) is 24.8 Å². The van der Waals surface area contributed by atoms with Crippen LogP contribution < -0.4 is 10.1 Å². The number of aromatic carboxylic acids is 1. The Morgan fingerprint density at radius 3 is 2.59 bits per heavy atom. The summed E-state index contributed by atoms with van der Waals surface area (Å²) in [7, 11) is 1.69. The highest BCUT2D eigenvalue weighted by molar-refractivity contribution is 6.32. The van der Waals surface area contributed by atoms with E-state index in [-0.39, 0.29) is 6.04 Å². The second kappa shape index (κ2) is 6.16. The molecule has 4 nitrogen and oxygen atoms in total.